The zero-order valence-electron chi connectivity index (χ0n) is 17.7. The number of aliphatic hydroxyl groups excluding tert-OH is 2. The third-order valence-electron chi connectivity index (χ3n) is 7.03. The van der Waals surface area contributed by atoms with Crippen molar-refractivity contribution in [3.63, 3.8) is 0 Å². The minimum Gasteiger partial charge on any atom is -0.487 e. The summed E-state index contributed by atoms with van der Waals surface area (Å²) in [5.41, 5.74) is 2.34. The average Bonchev–Trinajstić information content (AvgIpc) is 3.21. The molecule has 3 heterocycles. The van der Waals surface area contributed by atoms with Gasteiger partial charge >= 0.3 is 0 Å². The molecule has 1 spiro atoms. The van der Waals surface area contributed by atoms with Crippen molar-refractivity contribution >= 4 is 11.6 Å². The van der Waals surface area contributed by atoms with Crippen LogP contribution in [-0.4, -0.2) is 52.8 Å². The fraction of sp³-hybridized carbons (Fsp3) is 0.480. The standard InChI is InChI=1S/C25H30N2O4/c28-21-16-25(31-23-5-2-1-4-20(21)23)11-14-26(15-12-25)17-22(29)18-7-9-19(10-8-18)27-13-3-6-24(27)30/h1-2,4-5,7-10,21-22,28-29H,3,6,11-17H2. The van der Waals surface area contributed by atoms with Gasteiger partial charge in [0.05, 0.1) is 12.2 Å². The largest absolute Gasteiger partial charge is 0.487 e. The summed E-state index contributed by atoms with van der Waals surface area (Å²) in [6.45, 7) is 2.99. The van der Waals surface area contributed by atoms with E-state index in [2.05, 4.69) is 4.90 Å². The Morgan fingerprint density at radius 1 is 1.06 bits per heavy atom. The van der Waals surface area contributed by atoms with Gasteiger partial charge in [-0.25, -0.2) is 0 Å². The van der Waals surface area contributed by atoms with E-state index in [4.69, 9.17) is 4.74 Å². The SMILES string of the molecule is O=C1CCCN1c1ccc(C(O)CN2CCC3(CC2)CC(O)c2ccccc2O3)cc1. The summed E-state index contributed by atoms with van der Waals surface area (Å²) in [6, 6.07) is 15.5. The van der Waals surface area contributed by atoms with Crippen molar-refractivity contribution in [2.45, 2.75) is 49.9 Å². The van der Waals surface area contributed by atoms with Crippen molar-refractivity contribution in [2.24, 2.45) is 0 Å². The third-order valence-corrected chi connectivity index (χ3v) is 7.03. The first-order valence-electron chi connectivity index (χ1n) is 11.3. The molecule has 3 aliphatic heterocycles. The average molecular weight is 423 g/mol. The van der Waals surface area contributed by atoms with Crippen LogP contribution < -0.4 is 9.64 Å². The van der Waals surface area contributed by atoms with Gasteiger partial charge in [-0.2, -0.15) is 0 Å². The van der Waals surface area contributed by atoms with Gasteiger partial charge in [-0.15, -0.1) is 0 Å². The van der Waals surface area contributed by atoms with Gasteiger partial charge in [0.25, 0.3) is 0 Å². The molecule has 2 unspecified atom stereocenters. The molecule has 3 aliphatic rings. The molecule has 2 saturated heterocycles. The number of rotatable bonds is 4. The number of para-hydroxylation sites is 1. The number of aliphatic hydroxyl groups is 2. The molecule has 2 aromatic carbocycles. The van der Waals surface area contributed by atoms with Gasteiger partial charge in [-0.1, -0.05) is 30.3 Å². The van der Waals surface area contributed by atoms with Gasteiger partial charge in [-0.05, 0) is 43.0 Å². The number of carbonyl (C=O) groups excluding carboxylic acids is 1. The minimum absolute atomic E-state index is 0.174. The van der Waals surface area contributed by atoms with Crippen molar-refractivity contribution in [3.05, 3.63) is 59.7 Å². The number of likely N-dealkylation sites (tertiary alicyclic amines) is 1. The topological polar surface area (TPSA) is 73.2 Å². The first kappa shape index (κ1) is 20.5. The lowest BCUT2D eigenvalue weighted by molar-refractivity contribution is -0.117. The zero-order valence-corrected chi connectivity index (χ0v) is 17.7. The van der Waals surface area contributed by atoms with E-state index in [0.29, 0.717) is 19.4 Å². The first-order chi connectivity index (χ1) is 15.0. The molecule has 0 aliphatic carbocycles. The van der Waals surface area contributed by atoms with Crippen LogP contribution >= 0.6 is 0 Å². The Morgan fingerprint density at radius 2 is 1.81 bits per heavy atom. The zero-order chi connectivity index (χ0) is 21.4. The quantitative estimate of drug-likeness (QED) is 0.792. The summed E-state index contributed by atoms with van der Waals surface area (Å²) in [5, 5.41) is 21.4. The molecule has 2 N–H and O–H groups in total. The van der Waals surface area contributed by atoms with Gasteiger partial charge < -0.3 is 24.7 Å². The van der Waals surface area contributed by atoms with Gasteiger partial charge in [0.1, 0.15) is 11.4 Å². The Labute approximate surface area is 183 Å². The fourth-order valence-electron chi connectivity index (χ4n) is 5.18. The predicted octanol–water partition coefficient (Wildman–Crippen LogP) is 3.20. The van der Waals surface area contributed by atoms with E-state index >= 15 is 0 Å². The highest BCUT2D eigenvalue weighted by Crippen LogP contribution is 2.44. The van der Waals surface area contributed by atoms with Crippen molar-refractivity contribution in [1.82, 2.24) is 4.90 Å². The maximum atomic E-state index is 11.9. The van der Waals surface area contributed by atoms with Crippen LogP contribution in [0.2, 0.25) is 0 Å². The number of carbonyl (C=O) groups is 1. The van der Waals surface area contributed by atoms with E-state index in [1.165, 1.54) is 0 Å². The van der Waals surface area contributed by atoms with Crippen LogP contribution in [0.3, 0.4) is 0 Å². The molecule has 0 bridgehead atoms. The van der Waals surface area contributed by atoms with Crippen molar-refractivity contribution in [2.75, 3.05) is 31.1 Å². The Bertz CT molecular complexity index is 937. The molecule has 6 nitrogen and oxygen atoms in total. The number of anilines is 1. The first-order valence-corrected chi connectivity index (χ1v) is 11.3. The van der Waals surface area contributed by atoms with Crippen LogP contribution in [0.15, 0.2) is 48.5 Å². The predicted molar refractivity (Wildman–Crippen MR) is 118 cm³/mol. The Balaban J connectivity index is 1.18. The summed E-state index contributed by atoms with van der Waals surface area (Å²) in [4.78, 5) is 16.0. The second kappa shape index (κ2) is 8.26. The maximum Gasteiger partial charge on any atom is 0.227 e. The number of hydrogen-bond donors (Lipinski definition) is 2. The lowest BCUT2D eigenvalue weighted by Gasteiger charge is -2.46. The number of benzene rings is 2. The van der Waals surface area contributed by atoms with Crippen LogP contribution in [0.25, 0.3) is 0 Å². The van der Waals surface area contributed by atoms with Crippen LogP contribution in [0.1, 0.15) is 55.4 Å². The summed E-state index contributed by atoms with van der Waals surface area (Å²) in [7, 11) is 0. The monoisotopic (exact) mass is 422 g/mol. The lowest BCUT2D eigenvalue weighted by atomic mass is 9.81. The molecular weight excluding hydrogens is 392 g/mol. The van der Waals surface area contributed by atoms with Crippen LogP contribution in [0.5, 0.6) is 5.75 Å². The van der Waals surface area contributed by atoms with Crippen LogP contribution in [0.4, 0.5) is 5.69 Å². The number of amides is 1. The molecule has 6 heteroatoms. The number of hydrogen-bond acceptors (Lipinski definition) is 5. The summed E-state index contributed by atoms with van der Waals surface area (Å²) in [6.07, 6.45) is 2.76. The molecule has 31 heavy (non-hydrogen) atoms. The maximum absolute atomic E-state index is 11.9. The second-order valence-electron chi connectivity index (χ2n) is 9.10. The highest BCUT2D eigenvalue weighted by atomic mass is 16.5. The van der Waals surface area contributed by atoms with Crippen molar-refractivity contribution in [1.29, 1.82) is 0 Å². The van der Waals surface area contributed by atoms with E-state index in [9.17, 15) is 15.0 Å². The van der Waals surface area contributed by atoms with Crippen LogP contribution in [0, 0.1) is 0 Å². The third kappa shape index (κ3) is 4.07. The number of ether oxygens (including phenoxy) is 1. The molecular formula is C25H30N2O4. The molecule has 0 aromatic heterocycles. The van der Waals surface area contributed by atoms with Crippen LogP contribution in [-0.2, 0) is 4.79 Å². The molecule has 5 rings (SSSR count). The Kier molecular flexibility index (Phi) is 5.46. The summed E-state index contributed by atoms with van der Waals surface area (Å²) >= 11 is 0. The molecule has 2 atom stereocenters. The number of piperidine rings is 1. The fourth-order valence-corrected chi connectivity index (χ4v) is 5.18. The molecule has 2 aromatic rings. The summed E-state index contributed by atoms with van der Waals surface area (Å²) in [5.74, 6) is 0.972. The van der Waals surface area contributed by atoms with E-state index < -0.39 is 12.2 Å². The molecule has 164 valence electrons. The number of nitrogens with zero attached hydrogens (tertiary/aromatic N) is 2. The van der Waals surface area contributed by atoms with E-state index in [-0.39, 0.29) is 11.5 Å². The lowest BCUT2D eigenvalue weighted by Crippen LogP contribution is -2.51. The smallest absolute Gasteiger partial charge is 0.227 e. The Morgan fingerprint density at radius 3 is 2.52 bits per heavy atom. The highest BCUT2D eigenvalue weighted by molar-refractivity contribution is 5.95. The summed E-state index contributed by atoms with van der Waals surface area (Å²) < 4.78 is 6.36. The van der Waals surface area contributed by atoms with Gasteiger partial charge in [0, 0.05) is 50.3 Å². The normalized spacial score (nSPS) is 24.1. The van der Waals surface area contributed by atoms with Gasteiger partial charge in [0.15, 0.2) is 0 Å². The molecule has 1 amide bonds. The Hall–Kier alpha value is -2.41. The van der Waals surface area contributed by atoms with E-state index in [0.717, 1.165) is 61.5 Å². The second-order valence-corrected chi connectivity index (χ2v) is 9.10. The highest BCUT2D eigenvalue weighted by Gasteiger charge is 2.42. The van der Waals surface area contributed by atoms with Crippen molar-refractivity contribution in [3.8, 4) is 5.75 Å². The molecule has 2 fully saturated rings. The van der Waals surface area contributed by atoms with Crippen molar-refractivity contribution < 1.29 is 19.7 Å². The number of β-amino-alcohol motifs (C(OH)–C–C–N with tert-alkyl or cyclic N) is 1. The molecule has 0 radical (unpaired) electrons. The van der Waals surface area contributed by atoms with Gasteiger partial charge in [0.2, 0.25) is 5.91 Å². The number of fused-ring (bicyclic) bond motifs is 1. The van der Waals surface area contributed by atoms with Gasteiger partial charge in [-0.3, -0.25) is 4.79 Å². The minimum atomic E-state index is -0.573. The van der Waals surface area contributed by atoms with E-state index in [1.54, 1.807) is 0 Å². The molecule has 0 saturated carbocycles. The van der Waals surface area contributed by atoms with E-state index in [1.807, 2.05) is 53.4 Å².